The molecule has 0 aromatic carbocycles. The fourth-order valence-electron chi connectivity index (χ4n) is 1.85. The number of ether oxygens (including phenoxy) is 1. The van der Waals surface area contributed by atoms with Crippen LogP contribution in [0.25, 0.3) is 5.82 Å². The first-order chi connectivity index (χ1) is 9.55. The number of pyridine rings is 1. The molecule has 0 atom stereocenters. The fourth-order valence-corrected chi connectivity index (χ4v) is 2.16. The molecular formula is C13H14BrF2N3O. The molecule has 0 unspecified atom stereocenters. The number of halogens is 3. The topological polar surface area (TPSA) is 39.9 Å². The molecule has 2 heterocycles. The SMILES string of the molecule is CCc1cn(-c2ncc(Br)cc2OC(F)F)c(CC)n1. The molecule has 7 heteroatoms. The second-order valence-corrected chi connectivity index (χ2v) is 5.00. The highest BCUT2D eigenvalue weighted by molar-refractivity contribution is 9.10. The average molecular weight is 346 g/mol. The molecule has 0 N–H and O–H groups in total. The van der Waals surface area contributed by atoms with Crippen LogP contribution in [0.1, 0.15) is 25.4 Å². The molecule has 2 aromatic heterocycles. The van der Waals surface area contributed by atoms with Gasteiger partial charge in [-0.05, 0) is 22.4 Å². The second kappa shape index (κ2) is 6.30. The van der Waals surface area contributed by atoms with E-state index in [1.54, 1.807) is 17.0 Å². The minimum atomic E-state index is -2.90. The molecule has 0 amide bonds. The van der Waals surface area contributed by atoms with Crippen molar-refractivity contribution >= 4 is 15.9 Å². The van der Waals surface area contributed by atoms with E-state index in [4.69, 9.17) is 0 Å². The van der Waals surface area contributed by atoms with Crippen LogP contribution in [-0.2, 0) is 12.8 Å². The molecule has 0 spiro atoms. The van der Waals surface area contributed by atoms with Crippen LogP contribution in [0.4, 0.5) is 8.78 Å². The molecule has 0 saturated heterocycles. The number of hydrogen-bond acceptors (Lipinski definition) is 3. The van der Waals surface area contributed by atoms with Gasteiger partial charge in [0.25, 0.3) is 0 Å². The summed E-state index contributed by atoms with van der Waals surface area (Å²) in [6.45, 7) is 1.03. The number of rotatable bonds is 5. The van der Waals surface area contributed by atoms with Gasteiger partial charge in [-0.3, -0.25) is 4.57 Å². The minimum Gasteiger partial charge on any atom is -0.431 e. The van der Waals surface area contributed by atoms with Crippen molar-refractivity contribution in [1.82, 2.24) is 14.5 Å². The van der Waals surface area contributed by atoms with E-state index in [1.165, 1.54) is 6.07 Å². The first-order valence-corrected chi connectivity index (χ1v) is 7.02. The lowest BCUT2D eigenvalue weighted by Crippen LogP contribution is -2.09. The van der Waals surface area contributed by atoms with Crippen LogP contribution in [0.5, 0.6) is 5.75 Å². The molecule has 20 heavy (non-hydrogen) atoms. The number of alkyl halides is 2. The van der Waals surface area contributed by atoms with Crippen molar-refractivity contribution in [2.24, 2.45) is 0 Å². The molecule has 0 bridgehead atoms. The van der Waals surface area contributed by atoms with E-state index in [0.717, 1.165) is 17.9 Å². The Morgan fingerprint density at radius 2 is 2.10 bits per heavy atom. The molecule has 0 aliphatic heterocycles. The van der Waals surface area contributed by atoms with Gasteiger partial charge in [0.15, 0.2) is 11.6 Å². The zero-order valence-electron chi connectivity index (χ0n) is 11.1. The van der Waals surface area contributed by atoms with Crippen LogP contribution in [-0.4, -0.2) is 21.1 Å². The molecule has 0 radical (unpaired) electrons. The molecule has 2 aromatic rings. The summed E-state index contributed by atoms with van der Waals surface area (Å²) in [5.74, 6) is 1.09. The van der Waals surface area contributed by atoms with E-state index in [1.807, 2.05) is 13.8 Å². The first kappa shape index (κ1) is 14.9. The molecule has 108 valence electrons. The fraction of sp³-hybridized carbons (Fsp3) is 0.385. The summed E-state index contributed by atoms with van der Waals surface area (Å²) in [7, 11) is 0. The average Bonchev–Trinajstić information content (AvgIpc) is 2.81. The van der Waals surface area contributed by atoms with Crippen LogP contribution < -0.4 is 4.74 Å². The van der Waals surface area contributed by atoms with Gasteiger partial charge in [0.05, 0.1) is 5.69 Å². The van der Waals surface area contributed by atoms with Gasteiger partial charge in [-0.25, -0.2) is 9.97 Å². The van der Waals surface area contributed by atoms with Crippen molar-refractivity contribution < 1.29 is 13.5 Å². The lowest BCUT2D eigenvalue weighted by molar-refractivity contribution is -0.0501. The number of imidazole rings is 1. The number of aromatic nitrogens is 3. The summed E-state index contributed by atoms with van der Waals surface area (Å²) < 4.78 is 31.8. The van der Waals surface area contributed by atoms with Gasteiger partial charge in [-0.2, -0.15) is 8.78 Å². The largest absolute Gasteiger partial charge is 0.431 e. The molecule has 0 aliphatic carbocycles. The third kappa shape index (κ3) is 3.15. The van der Waals surface area contributed by atoms with Gasteiger partial charge >= 0.3 is 6.61 Å². The van der Waals surface area contributed by atoms with Gasteiger partial charge in [0.2, 0.25) is 0 Å². The maximum Gasteiger partial charge on any atom is 0.387 e. The maximum atomic E-state index is 12.5. The Balaban J connectivity index is 2.53. The van der Waals surface area contributed by atoms with Crippen LogP contribution in [0, 0.1) is 0 Å². The highest BCUT2D eigenvalue weighted by Gasteiger charge is 2.16. The smallest absolute Gasteiger partial charge is 0.387 e. The Kier molecular flexibility index (Phi) is 4.69. The Hall–Kier alpha value is -1.50. The predicted octanol–water partition coefficient (Wildman–Crippen LogP) is 3.76. The van der Waals surface area contributed by atoms with Crippen LogP contribution >= 0.6 is 15.9 Å². The molecule has 4 nitrogen and oxygen atoms in total. The normalized spacial score (nSPS) is 11.1. The minimum absolute atomic E-state index is 0.0177. The Labute approximate surface area is 123 Å². The van der Waals surface area contributed by atoms with Crippen LogP contribution in [0.3, 0.4) is 0 Å². The summed E-state index contributed by atoms with van der Waals surface area (Å²) in [5.41, 5.74) is 0.884. The van der Waals surface area contributed by atoms with Crippen LogP contribution in [0.15, 0.2) is 22.9 Å². The lowest BCUT2D eigenvalue weighted by atomic mass is 10.4. The van der Waals surface area contributed by atoms with Gasteiger partial charge in [-0.1, -0.05) is 13.8 Å². The molecule has 0 aliphatic rings. The van der Waals surface area contributed by atoms with Crippen molar-refractivity contribution in [3.8, 4) is 11.6 Å². The van der Waals surface area contributed by atoms with Crippen molar-refractivity contribution in [3.05, 3.63) is 34.5 Å². The quantitative estimate of drug-likeness (QED) is 0.828. The van der Waals surface area contributed by atoms with E-state index in [0.29, 0.717) is 16.7 Å². The monoisotopic (exact) mass is 345 g/mol. The maximum absolute atomic E-state index is 12.5. The second-order valence-electron chi connectivity index (χ2n) is 4.08. The van der Waals surface area contributed by atoms with Crippen molar-refractivity contribution in [2.75, 3.05) is 0 Å². The highest BCUT2D eigenvalue weighted by atomic mass is 79.9. The third-order valence-corrected chi connectivity index (χ3v) is 3.18. The van der Waals surface area contributed by atoms with E-state index in [2.05, 4.69) is 30.6 Å². The Morgan fingerprint density at radius 3 is 2.70 bits per heavy atom. The number of hydrogen-bond donors (Lipinski definition) is 0. The van der Waals surface area contributed by atoms with E-state index in [9.17, 15) is 8.78 Å². The zero-order valence-corrected chi connectivity index (χ0v) is 12.7. The highest BCUT2D eigenvalue weighted by Crippen LogP contribution is 2.27. The zero-order chi connectivity index (χ0) is 14.7. The molecular weight excluding hydrogens is 332 g/mol. The predicted molar refractivity (Wildman–Crippen MR) is 74.4 cm³/mol. The van der Waals surface area contributed by atoms with Crippen molar-refractivity contribution in [1.29, 1.82) is 0 Å². The summed E-state index contributed by atoms with van der Waals surface area (Å²) in [6.07, 6.45) is 4.78. The van der Waals surface area contributed by atoms with Gasteiger partial charge in [0, 0.05) is 29.4 Å². The van der Waals surface area contributed by atoms with Crippen LogP contribution in [0.2, 0.25) is 0 Å². The number of aryl methyl sites for hydroxylation is 2. The summed E-state index contributed by atoms with van der Waals surface area (Å²) in [6, 6.07) is 1.47. The van der Waals surface area contributed by atoms with E-state index < -0.39 is 6.61 Å². The third-order valence-electron chi connectivity index (χ3n) is 2.75. The summed E-state index contributed by atoms with van der Waals surface area (Å²) >= 11 is 3.20. The van der Waals surface area contributed by atoms with E-state index in [-0.39, 0.29) is 5.75 Å². The summed E-state index contributed by atoms with van der Waals surface area (Å²) in [5, 5.41) is 0. The number of nitrogens with zero attached hydrogens (tertiary/aromatic N) is 3. The standard InChI is InChI=1S/C13H14BrF2N3O/c1-3-9-7-19(11(4-2)18-9)12-10(20-13(15)16)5-8(14)6-17-12/h5-7,13H,3-4H2,1-2H3. The Bertz CT molecular complexity index is 601. The molecule has 0 saturated carbocycles. The van der Waals surface area contributed by atoms with Gasteiger partial charge in [0.1, 0.15) is 5.82 Å². The van der Waals surface area contributed by atoms with E-state index >= 15 is 0 Å². The van der Waals surface area contributed by atoms with Gasteiger partial charge in [-0.15, -0.1) is 0 Å². The van der Waals surface area contributed by atoms with Crippen molar-refractivity contribution in [2.45, 2.75) is 33.3 Å². The Morgan fingerprint density at radius 1 is 1.35 bits per heavy atom. The molecule has 0 fully saturated rings. The van der Waals surface area contributed by atoms with Crippen molar-refractivity contribution in [3.63, 3.8) is 0 Å². The lowest BCUT2D eigenvalue weighted by Gasteiger charge is -2.12. The van der Waals surface area contributed by atoms with Gasteiger partial charge < -0.3 is 4.74 Å². The summed E-state index contributed by atoms with van der Waals surface area (Å²) in [4.78, 5) is 8.61. The molecule has 2 rings (SSSR count). The first-order valence-electron chi connectivity index (χ1n) is 6.23.